The number of fused-ring (bicyclic) bond motifs is 1. The molecule has 4 fully saturated rings. The molecule has 1 aromatic rings. The first kappa shape index (κ1) is 27.7. The third-order valence-corrected chi connectivity index (χ3v) is 10.8. The lowest BCUT2D eigenvalue weighted by molar-refractivity contribution is -0.146. The van der Waals surface area contributed by atoms with Crippen molar-refractivity contribution in [3.05, 3.63) is 41.2 Å². The van der Waals surface area contributed by atoms with Gasteiger partial charge in [-0.3, -0.25) is 14.4 Å². The van der Waals surface area contributed by atoms with Gasteiger partial charge in [-0.25, -0.2) is 4.39 Å². The SMILES string of the molecule is C[C@@H]1[C@H](C)CCC[C@@H]1NC(=O)[C@@H]1N([C@@H]2CCCC[C@@H]2C)C(=O)[C@@H]2[C@H](C(=O)Nc3ccc(F)c(Cl)c3)[C@@H]3C=C[C@]21O3. The van der Waals surface area contributed by atoms with E-state index < -0.39 is 41.3 Å². The maximum atomic E-state index is 14.4. The number of nitrogens with zero attached hydrogens (tertiary/aromatic N) is 1. The molecule has 40 heavy (non-hydrogen) atoms. The normalized spacial score (nSPS) is 40.3. The second-order valence-corrected chi connectivity index (χ2v) is 13.2. The van der Waals surface area contributed by atoms with Crippen LogP contribution in [0.15, 0.2) is 30.4 Å². The van der Waals surface area contributed by atoms with Gasteiger partial charge >= 0.3 is 0 Å². The van der Waals surface area contributed by atoms with Crippen LogP contribution in [0, 0.1) is 35.4 Å². The number of carbonyl (C=O) groups is 3. The van der Waals surface area contributed by atoms with Gasteiger partial charge in [0.2, 0.25) is 17.7 Å². The Labute approximate surface area is 240 Å². The van der Waals surface area contributed by atoms with Gasteiger partial charge in [0.05, 0.1) is 23.0 Å². The van der Waals surface area contributed by atoms with Gasteiger partial charge in [0.15, 0.2) is 0 Å². The summed E-state index contributed by atoms with van der Waals surface area (Å²) in [5.74, 6) is -1.89. The van der Waals surface area contributed by atoms with Crippen molar-refractivity contribution in [2.45, 2.75) is 95.5 Å². The lowest BCUT2D eigenvalue weighted by Crippen LogP contribution is -2.60. The van der Waals surface area contributed by atoms with Gasteiger partial charge in [0.1, 0.15) is 17.5 Å². The number of hydrogen-bond donors (Lipinski definition) is 2. The number of amides is 3. The molecular weight excluding hydrogens is 533 g/mol. The van der Waals surface area contributed by atoms with Crippen LogP contribution in [0.25, 0.3) is 0 Å². The number of hydrogen-bond acceptors (Lipinski definition) is 4. The molecule has 2 saturated carbocycles. The van der Waals surface area contributed by atoms with Crippen molar-refractivity contribution in [1.29, 1.82) is 0 Å². The minimum absolute atomic E-state index is 0.0392. The summed E-state index contributed by atoms with van der Waals surface area (Å²) >= 11 is 5.94. The van der Waals surface area contributed by atoms with Crippen LogP contribution in [0.1, 0.15) is 65.7 Å². The first-order valence-corrected chi connectivity index (χ1v) is 15.3. The van der Waals surface area contributed by atoms with E-state index in [-0.39, 0.29) is 34.8 Å². The van der Waals surface area contributed by atoms with Crippen molar-refractivity contribution in [3.8, 4) is 0 Å². The van der Waals surface area contributed by atoms with Gasteiger partial charge in [0.25, 0.3) is 0 Å². The standard InChI is InChI=1S/C31H39ClFN3O4/c1-16-8-6-9-22(18(16)3)35-29(38)27-31-14-13-24(40-31)25(28(37)34-19-11-12-21(33)20(32)15-19)26(31)30(39)36(27)23-10-5-4-7-17(23)2/h11-18,22-27H,4-10H2,1-3H3,(H,34,37)(H,35,38)/t16-,17+,18-,22+,23-,24+,25-,26+,27+,31+/m1/s1. The molecule has 2 saturated heterocycles. The Morgan fingerprint density at radius 1 is 1.05 bits per heavy atom. The zero-order valence-electron chi connectivity index (χ0n) is 23.4. The molecule has 3 amide bonds. The molecule has 0 aromatic heterocycles. The molecule has 216 valence electrons. The van der Waals surface area contributed by atoms with Crippen LogP contribution in [-0.4, -0.2) is 52.5 Å². The van der Waals surface area contributed by atoms with Crippen molar-refractivity contribution < 1.29 is 23.5 Å². The molecule has 0 radical (unpaired) electrons. The summed E-state index contributed by atoms with van der Waals surface area (Å²) in [6.45, 7) is 6.57. The van der Waals surface area contributed by atoms with E-state index in [0.717, 1.165) is 44.9 Å². The predicted molar refractivity (Wildman–Crippen MR) is 150 cm³/mol. The third kappa shape index (κ3) is 4.37. The van der Waals surface area contributed by atoms with Gasteiger partial charge in [-0.1, -0.05) is 70.2 Å². The highest BCUT2D eigenvalue weighted by molar-refractivity contribution is 6.31. The fraction of sp³-hybridized carbons (Fsp3) is 0.645. The molecule has 2 bridgehead atoms. The zero-order valence-corrected chi connectivity index (χ0v) is 24.1. The summed E-state index contributed by atoms with van der Waals surface area (Å²) < 4.78 is 20.2. The Morgan fingerprint density at radius 2 is 1.80 bits per heavy atom. The largest absolute Gasteiger partial charge is 0.359 e. The van der Waals surface area contributed by atoms with Crippen molar-refractivity contribution in [1.82, 2.24) is 10.2 Å². The summed E-state index contributed by atoms with van der Waals surface area (Å²) in [6.07, 6.45) is 10.1. The summed E-state index contributed by atoms with van der Waals surface area (Å²) in [4.78, 5) is 44.1. The highest BCUT2D eigenvalue weighted by Crippen LogP contribution is 2.56. The van der Waals surface area contributed by atoms with Crippen LogP contribution in [0.2, 0.25) is 5.02 Å². The molecule has 0 unspecified atom stereocenters. The smallest absolute Gasteiger partial charge is 0.246 e. The van der Waals surface area contributed by atoms with Crippen LogP contribution in [0.3, 0.4) is 0 Å². The minimum Gasteiger partial charge on any atom is -0.359 e. The topological polar surface area (TPSA) is 87.7 Å². The fourth-order valence-electron chi connectivity index (χ4n) is 8.12. The monoisotopic (exact) mass is 571 g/mol. The molecule has 1 aromatic carbocycles. The molecule has 2 aliphatic carbocycles. The van der Waals surface area contributed by atoms with Crippen LogP contribution >= 0.6 is 11.6 Å². The number of rotatable bonds is 5. The Balaban J connectivity index is 1.33. The number of ether oxygens (including phenoxy) is 1. The molecule has 5 aliphatic rings. The van der Waals surface area contributed by atoms with E-state index in [1.165, 1.54) is 18.2 Å². The van der Waals surface area contributed by atoms with Crippen molar-refractivity contribution >= 4 is 35.0 Å². The average molecular weight is 572 g/mol. The minimum atomic E-state index is -1.20. The van der Waals surface area contributed by atoms with Gasteiger partial charge in [-0.2, -0.15) is 0 Å². The second-order valence-electron chi connectivity index (χ2n) is 12.8. The predicted octanol–water partition coefficient (Wildman–Crippen LogP) is 5.09. The molecule has 3 aliphatic heterocycles. The average Bonchev–Trinajstić information content (AvgIpc) is 3.56. The van der Waals surface area contributed by atoms with Crippen molar-refractivity contribution in [2.24, 2.45) is 29.6 Å². The third-order valence-electron chi connectivity index (χ3n) is 10.5. The number of carbonyl (C=O) groups excluding carboxylic acids is 3. The van der Waals surface area contributed by atoms with E-state index in [9.17, 15) is 18.8 Å². The van der Waals surface area contributed by atoms with Crippen molar-refractivity contribution in [2.75, 3.05) is 5.32 Å². The van der Waals surface area contributed by atoms with Gasteiger partial charge < -0.3 is 20.3 Å². The van der Waals surface area contributed by atoms with E-state index in [4.69, 9.17) is 16.3 Å². The van der Waals surface area contributed by atoms with Crippen LogP contribution < -0.4 is 10.6 Å². The van der Waals surface area contributed by atoms with E-state index >= 15 is 0 Å². The van der Waals surface area contributed by atoms with E-state index in [1.807, 2.05) is 12.2 Å². The molecule has 7 nitrogen and oxygen atoms in total. The van der Waals surface area contributed by atoms with Crippen LogP contribution in [0.4, 0.5) is 10.1 Å². The quantitative estimate of drug-likeness (QED) is 0.482. The molecule has 10 atom stereocenters. The number of likely N-dealkylation sites (tertiary alicyclic amines) is 1. The van der Waals surface area contributed by atoms with E-state index in [1.54, 1.807) is 4.90 Å². The Hall–Kier alpha value is -2.45. The van der Waals surface area contributed by atoms with E-state index in [0.29, 0.717) is 17.5 Å². The summed E-state index contributed by atoms with van der Waals surface area (Å²) in [5.41, 5.74) is -0.857. The molecule has 1 spiro atoms. The lowest BCUT2D eigenvalue weighted by atomic mass is 9.73. The fourth-order valence-corrected chi connectivity index (χ4v) is 8.30. The van der Waals surface area contributed by atoms with E-state index in [2.05, 4.69) is 31.4 Å². The van der Waals surface area contributed by atoms with Gasteiger partial charge in [-0.05, 0) is 55.2 Å². The highest BCUT2D eigenvalue weighted by Gasteiger charge is 2.73. The Bertz CT molecular complexity index is 1240. The molecule has 9 heteroatoms. The number of anilines is 1. The van der Waals surface area contributed by atoms with Crippen molar-refractivity contribution in [3.63, 3.8) is 0 Å². The van der Waals surface area contributed by atoms with Gasteiger partial charge in [-0.15, -0.1) is 0 Å². The molecular formula is C31H39ClFN3O4. The zero-order chi connectivity index (χ0) is 28.3. The first-order valence-electron chi connectivity index (χ1n) is 14.9. The maximum absolute atomic E-state index is 14.4. The number of halogens is 2. The van der Waals surface area contributed by atoms with Crippen LogP contribution in [0.5, 0.6) is 0 Å². The van der Waals surface area contributed by atoms with Crippen LogP contribution in [-0.2, 0) is 19.1 Å². The first-order chi connectivity index (χ1) is 19.1. The maximum Gasteiger partial charge on any atom is 0.246 e. The molecule has 3 heterocycles. The molecule has 6 rings (SSSR count). The summed E-state index contributed by atoms with van der Waals surface area (Å²) in [5, 5.41) is 6.05. The highest BCUT2D eigenvalue weighted by atomic mass is 35.5. The second kappa shape index (κ2) is 10.4. The number of nitrogens with one attached hydrogen (secondary N) is 2. The number of benzene rings is 1. The summed E-state index contributed by atoms with van der Waals surface area (Å²) in [7, 11) is 0. The summed E-state index contributed by atoms with van der Waals surface area (Å²) in [6, 6.07) is 3.10. The Kier molecular flexibility index (Phi) is 7.22. The Morgan fingerprint density at radius 3 is 2.55 bits per heavy atom. The van der Waals surface area contributed by atoms with Gasteiger partial charge in [0, 0.05) is 17.8 Å². The molecule has 2 N–H and O–H groups in total. The lowest BCUT2D eigenvalue weighted by Gasteiger charge is -2.42.